The molecule has 46 heavy (non-hydrogen) atoms. The van der Waals surface area contributed by atoms with Gasteiger partial charge in [-0.05, 0) is 56.6 Å². The minimum absolute atomic E-state index is 0.0239. The molecule has 0 radical (unpaired) electrons. The highest BCUT2D eigenvalue weighted by Crippen LogP contribution is 2.32. The third-order valence-electron chi connectivity index (χ3n) is 8.52. The summed E-state index contributed by atoms with van der Waals surface area (Å²) in [6, 6.07) is 7.45. The SMILES string of the molecule is CCOc1ccc(-c2cnc3c(Nc4ccc(C(=O)N5CCN(CCN6CCCC6C(=O)O)CC5)c(Cl)c4)nccn23)c(F)c1F. The number of likely N-dealkylation sites (tertiary alicyclic amines) is 1. The third-order valence-corrected chi connectivity index (χ3v) is 8.84. The normalized spacial score (nSPS) is 17.5. The number of carbonyl (C=O) groups excluding carboxylic acids is 1. The van der Waals surface area contributed by atoms with Crippen molar-refractivity contribution in [1.82, 2.24) is 29.1 Å². The van der Waals surface area contributed by atoms with E-state index < -0.39 is 23.6 Å². The Morgan fingerprint density at radius 2 is 1.87 bits per heavy atom. The number of nitrogens with one attached hydrogen (secondary N) is 1. The molecule has 2 aromatic carbocycles. The van der Waals surface area contributed by atoms with Gasteiger partial charge in [0, 0.05) is 62.9 Å². The summed E-state index contributed by atoms with van der Waals surface area (Å²) in [4.78, 5) is 39.6. The second kappa shape index (κ2) is 13.6. The molecule has 2 aliphatic rings. The molecular weight excluding hydrogens is 620 g/mol. The van der Waals surface area contributed by atoms with E-state index in [1.54, 1.807) is 40.6 Å². The number of fused-ring (bicyclic) bond motifs is 1. The molecule has 4 heterocycles. The lowest BCUT2D eigenvalue weighted by Crippen LogP contribution is -2.51. The summed E-state index contributed by atoms with van der Waals surface area (Å²) >= 11 is 6.59. The molecule has 1 atom stereocenters. The van der Waals surface area contributed by atoms with Crippen molar-refractivity contribution in [2.45, 2.75) is 25.8 Å². The zero-order valence-electron chi connectivity index (χ0n) is 25.3. The van der Waals surface area contributed by atoms with Crippen molar-refractivity contribution >= 4 is 40.6 Å². The molecule has 14 heteroatoms. The van der Waals surface area contributed by atoms with Gasteiger partial charge in [0.2, 0.25) is 5.82 Å². The number of aromatic nitrogens is 3. The van der Waals surface area contributed by atoms with Crippen LogP contribution in [-0.4, -0.2) is 105 Å². The smallest absolute Gasteiger partial charge is 0.320 e. The van der Waals surface area contributed by atoms with Gasteiger partial charge in [0.25, 0.3) is 5.91 Å². The molecule has 1 unspecified atom stereocenters. The van der Waals surface area contributed by atoms with E-state index in [1.807, 2.05) is 4.90 Å². The van der Waals surface area contributed by atoms with Crippen LogP contribution in [0.5, 0.6) is 5.75 Å². The Morgan fingerprint density at radius 1 is 1.07 bits per heavy atom. The highest BCUT2D eigenvalue weighted by Gasteiger charge is 2.31. The maximum absolute atomic E-state index is 15.0. The molecule has 11 nitrogen and oxygen atoms in total. The van der Waals surface area contributed by atoms with Gasteiger partial charge in [0.15, 0.2) is 23.0 Å². The van der Waals surface area contributed by atoms with E-state index in [4.69, 9.17) is 16.3 Å². The number of carboxylic acid groups (broad SMARTS) is 1. The summed E-state index contributed by atoms with van der Waals surface area (Å²) in [5.74, 6) is -2.83. The molecule has 2 N–H and O–H groups in total. The van der Waals surface area contributed by atoms with Crippen LogP contribution < -0.4 is 10.1 Å². The number of benzene rings is 2. The molecule has 6 rings (SSSR count). The molecule has 2 aliphatic heterocycles. The number of amides is 1. The molecular formula is C32H34ClF2N7O4. The number of rotatable bonds is 10. The summed E-state index contributed by atoms with van der Waals surface area (Å²) in [6.45, 7) is 6.65. The number of imidazole rings is 1. The Hall–Kier alpha value is -4.33. The minimum Gasteiger partial charge on any atom is -0.491 e. The molecule has 0 saturated carbocycles. The number of aliphatic carboxylic acids is 1. The predicted molar refractivity (Wildman–Crippen MR) is 169 cm³/mol. The molecule has 2 fully saturated rings. The van der Waals surface area contributed by atoms with Crippen molar-refractivity contribution in [3.05, 3.63) is 71.1 Å². The van der Waals surface area contributed by atoms with E-state index in [1.165, 1.54) is 24.5 Å². The average molecular weight is 654 g/mol. The van der Waals surface area contributed by atoms with E-state index >= 15 is 0 Å². The Bertz CT molecular complexity index is 1760. The van der Waals surface area contributed by atoms with Gasteiger partial charge in [-0.15, -0.1) is 0 Å². The first-order valence-electron chi connectivity index (χ1n) is 15.2. The molecule has 0 bridgehead atoms. The average Bonchev–Trinajstić information content (AvgIpc) is 3.71. The maximum atomic E-state index is 15.0. The topological polar surface area (TPSA) is 116 Å². The second-order valence-electron chi connectivity index (χ2n) is 11.3. The Balaban J connectivity index is 1.10. The van der Waals surface area contributed by atoms with E-state index in [0.29, 0.717) is 67.6 Å². The highest BCUT2D eigenvalue weighted by atomic mass is 35.5. The molecule has 4 aromatic rings. The van der Waals surface area contributed by atoms with E-state index in [-0.39, 0.29) is 28.8 Å². The van der Waals surface area contributed by atoms with Gasteiger partial charge in [0.1, 0.15) is 6.04 Å². The maximum Gasteiger partial charge on any atom is 0.320 e. The van der Waals surface area contributed by atoms with Crippen LogP contribution in [0.15, 0.2) is 48.9 Å². The third kappa shape index (κ3) is 6.35. The van der Waals surface area contributed by atoms with Crippen LogP contribution >= 0.6 is 11.6 Å². The van der Waals surface area contributed by atoms with Crippen molar-refractivity contribution in [3.8, 4) is 17.0 Å². The van der Waals surface area contributed by atoms with Crippen LogP contribution in [0.25, 0.3) is 16.9 Å². The van der Waals surface area contributed by atoms with Gasteiger partial charge in [-0.25, -0.2) is 14.4 Å². The first-order chi connectivity index (χ1) is 22.2. The molecule has 0 spiro atoms. The number of anilines is 2. The summed E-state index contributed by atoms with van der Waals surface area (Å²) in [5.41, 5.74) is 1.68. The number of carboxylic acids is 1. The van der Waals surface area contributed by atoms with Crippen LogP contribution in [0.1, 0.15) is 30.1 Å². The fourth-order valence-electron chi connectivity index (χ4n) is 6.09. The molecule has 242 valence electrons. The first-order valence-corrected chi connectivity index (χ1v) is 15.6. The van der Waals surface area contributed by atoms with Crippen molar-refractivity contribution in [1.29, 1.82) is 0 Å². The van der Waals surface area contributed by atoms with Gasteiger partial charge in [-0.1, -0.05) is 11.6 Å². The Labute approximate surface area is 269 Å². The largest absolute Gasteiger partial charge is 0.491 e. The monoisotopic (exact) mass is 653 g/mol. The van der Waals surface area contributed by atoms with Gasteiger partial charge in [-0.3, -0.25) is 23.8 Å². The Kier molecular flexibility index (Phi) is 9.34. The number of ether oxygens (including phenoxy) is 1. The summed E-state index contributed by atoms with van der Waals surface area (Å²) in [7, 11) is 0. The minimum atomic E-state index is -1.07. The fraction of sp³-hybridized carbons (Fsp3) is 0.375. The lowest BCUT2D eigenvalue weighted by Gasteiger charge is -2.36. The lowest BCUT2D eigenvalue weighted by atomic mass is 10.1. The molecule has 2 saturated heterocycles. The van der Waals surface area contributed by atoms with E-state index in [2.05, 4.69) is 20.2 Å². The summed E-state index contributed by atoms with van der Waals surface area (Å²) < 4.78 is 36.3. The number of hydrogen-bond donors (Lipinski definition) is 2. The van der Waals surface area contributed by atoms with Crippen LogP contribution in [0.3, 0.4) is 0 Å². The quantitative estimate of drug-likeness (QED) is 0.250. The van der Waals surface area contributed by atoms with E-state index in [0.717, 1.165) is 19.5 Å². The molecule has 0 aliphatic carbocycles. The number of carbonyl (C=O) groups is 2. The number of piperazine rings is 1. The Morgan fingerprint density at radius 3 is 2.61 bits per heavy atom. The zero-order chi connectivity index (χ0) is 32.4. The van der Waals surface area contributed by atoms with Crippen molar-refractivity contribution < 1.29 is 28.2 Å². The second-order valence-corrected chi connectivity index (χ2v) is 11.7. The van der Waals surface area contributed by atoms with Crippen LogP contribution in [0.4, 0.5) is 20.3 Å². The van der Waals surface area contributed by atoms with Crippen molar-refractivity contribution in [3.63, 3.8) is 0 Å². The number of hydrogen-bond acceptors (Lipinski definition) is 8. The molecule has 1 amide bonds. The lowest BCUT2D eigenvalue weighted by molar-refractivity contribution is -0.142. The van der Waals surface area contributed by atoms with Crippen LogP contribution in [0.2, 0.25) is 5.02 Å². The first kappa shape index (κ1) is 31.6. The van der Waals surface area contributed by atoms with Crippen LogP contribution in [0, 0.1) is 11.6 Å². The van der Waals surface area contributed by atoms with Crippen LogP contribution in [-0.2, 0) is 4.79 Å². The summed E-state index contributed by atoms with van der Waals surface area (Å²) in [6.07, 6.45) is 6.15. The zero-order valence-corrected chi connectivity index (χ0v) is 26.0. The van der Waals surface area contributed by atoms with Gasteiger partial charge in [-0.2, -0.15) is 4.39 Å². The predicted octanol–water partition coefficient (Wildman–Crippen LogP) is 4.78. The molecule has 2 aromatic heterocycles. The fourth-order valence-corrected chi connectivity index (χ4v) is 6.36. The standard InChI is InChI=1S/C32H34ClF2N7O4/c1-2-46-26-8-7-22(27(34)28(26)35)25-19-37-30-29(36-9-11-42(25)30)38-20-5-6-21(23(33)18-20)31(43)41-16-13-39(14-17-41)12-15-40-10-3-4-24(40)32(44)45/h5-9,11,18-19,24H,2-4,10,12-17H2,1H3,(H,36,38)(H,44,45). The van der Waals surface area contributed by atoms with Gasteiger partial charge in [0.05, 0.1) is 29.1 Å². The highest BCUT2D eigenvalue weighted by molar-refractivity contribution is 6.34. The summed E-state index contributed by atoms with van der Waals surface area (Å²) in [5, 5.41) is 12.8. The number of nitrogens with zero attached hydrogens (tertiary/aromatic N) is 6. The van der Waals surface area contributed by atoms with Crippen molar-refractivity contribution in [2.75, 3.05) is 57.7 Å². The van der Waals surface area contributed by atoms with Crippen molar-refractivity contribution in [2.24, 2.45) is 0 Å². The van der Waals surface area contributed by atoms with Gasteiger partial charge < -0.3 is 20.1 Å². The number of halogens is 3. The van der Waals surface area contributed by atoms with Gasteiger partial charge >= 0.3 is 5.97 Å². The van der Waals surface area contributed by atoms with E-state index in [9.17, 15) is 23.5 Å².